The summed E-state index contributed by atoms with van der Waals surface area (Å²) in [6, 6.07) is 15.9. The average molecular weight is 468 g/mol. The van der Waals surface area contributed by atoms with Crippen LogP contribution in [-0.4, -0.2) is 26.3 Å². The SMILES string of the molecule is CC(/C=C/c1ccccc1)=N\NC(=O)c1nn(Cc2ccc([N+](=O)[O-])cc2)cc1Br. The Labute approximate surface area is 181 Å². The predicted molar refractivity (Wildman–Crippen MR) is 118 cm³/mol. The van der Waals surface area contributed by atoms with Crippen LogP contribution in [0.15, 0.2) is 76.4 Å². The number of hydrogen-bond donors (Lipinski definition) is 1. The topological polar surface area (TPSA) is 102 Å². The lowest BCUT2D eigenvalue weighted by molar-refractivity contribution is -0.384. The summed E-state index contributed by atoms with van der Waals surface area (Å²) >= 11 is 3.33. The van der Waals surface area contributed by atoms with E-state index in [1.807, 2.05) is 36.4 Å². The monoisotopic (exact) mass is 467 g/mol. The third kappa shape index (κ3) is 5.71. The maximum Gasteiger partial charge on any atom is 0.293 e. The number of hydrazone groups is 1. The summed E-state index contributed by atoms with van der Waals surface area (Å²) < 4.78 is 2.10. The Balaban J connectivity index is 1.63. The van der Waals surface area contributed by atoms with E-state index in [4.69, 9.17) is 0 Å². The number of nitro groups is 1. The minimum atomic E-state index is -0.450. The fourth-order valence-electron chi connectivity index (χ4n) is 2.55. The number of carbonyl (C=O) groups is 1. The highest BCUT2D eigenvalue weighted by molar-refractivity contribution is 9.10. The number of rotatable bonds is 7. The van der Waals surface area contributed by atoms with Crippen LogP contribution in [0.3, 0.4) is 0 Å². The molecule has 3 aromatic rings. The van der Waals surface area contributed by atoms with Gasteiger partial charge in [-0.05, 0) is 40.1 Å². The van der Waals surface area contributed by atoms with E-state index in [0.717, 1.165) is 11.1 Å². The second kappa shape index (κ2) is 9.75. The number of nitrogens with one attached hydrogen (secondary N) is 1. The summed E-state index contributed by atoms with van der Waals surface area (Å²) in [6.07, 6.45) is 5.37. The molecular formula is C21H18BrN5O3. The van der Waals surface area contributed by atoms with Gasteiger partial charge in [-0.2, -0.15) is 10.2 Å². The minimum Gasteiger partial charge on any atom is -0.266 e. The van der Waals surface area contributed by atoms with E-state index < -0.39 is 10.8 Å². The van der Waals surface area contributed by atoms with E-state index in [9.17, 15) is 14.9 Å². The van der Waals surface area contributed by atoms with E-state index >= 15 is 0 Å². The van der Waals surface area contributed by atoms with Crippen molar-refractivity contribution in [2.24, 2.45) is 5.10 Å². The van der Waals surface area contributed by atoms with Crippen LogP contribution in [0.25, 0.3) is 6.08 Å². The lowest BCUT2D eigenvalue weighted by Crippen LogP contribution is -2.20. The van der Waals surface area contributed by atoms with Crippen molar-refractivity contribution in [1.29, 1.82) is 0 Å². The van der Waals surface area contributed by atoms with Crippen molar-refractivity contribution in [2.45, 2.75) is 13.5 Å². The normalized spacial score (nSPS) is 11.6. The summed E-state index contributed by atoms with van der Waals surface area (Å²) in [7, 11) is 0. The second-order valence-electron chi connectivity index (χ2n) is 6.38. The van der Waals surface area contributed by atoms with Crippen molar-refractivity contribution < 1.29 is 9.72 Å². The number of amides is 1. The van der Waals surface area contributed by atoms with Crippen LogP contribution in [0.4, 0.5) is 5.69 Å². The number of aromatic nitrogens is 2. The molecule has 1 amide bonds. The van der Waals surface area contributed by atoms with Gasteiger partial charge in [-0.25, -0.2) is 5.43 Å². The van der Waals surface area contributed by atoms with Gasteiger partial charge < -0.3 is 0 Å². The molecule has 1 heterocycles. The van der Waals surface area contributed by atoms with Gasteiger partial charge in [0.1, 0.15) is 0 Å². The molecule has 152 valence electrons. The maximum atomic E-state index is 12.4. The molecule has 1 N–H and O–H groups in total. The number of halogens is 1. The van der Waals surface area contributed by atoms with Crippen molar-refractivity contribution in [3.8, 4) is 0 Å². The number of carbonyl (C=O) groups excluding carboxylic acids is 1. The summed E-state index contributed by atoms with van der Waals surface area (Å²) in [5, 5.41) is 19.1. The van der Waals surface area contributed by atoms with Crippen molar-refractivity contribution >= 4 is 39.3 Å². The third-order valence-corrected chi connectivity index (χ3v) is 4.65. The highest BCUT2D eigenvalue weighted by Gasteiger charge is 2.15. The first-order valence-corrected chi connectivity index (χ1v) is 9.76. The van der Waals surface area contributed by atoms with Gasteiger partial charge in [0.15, 0.2) is 5.69 Å². The molecule has 0 fully saturated rings. The lowest BCUT2D eigenvalue weighted by Gasteiger charge is -2.01. The van der Waals surface area contributed by atoms with Gasteiger partial charge in [0.25, 0.3) is 11.6 Å². The van der Waals surface area contributed by atoms with Crippen molar-refractivity contribution in [1.82, 2.24) is 15.2 Å². The van der Waals surface area contributed by atoms with E-state index in [1.54, 1.807) is 36.0 Å². The molecule has 0 aliphatic heterocycles. The summed E-state index contributed by atoms with van der Waals surface area (Å²) in [5.74, 6) is -0.447. The minimum absolute atomic E-state index is 0.0232. The molecule has 0 radical (unpaired) electrons. The largest absolute Gasteiger partial charge is 0.293 e. The van der Waals surface area contributed by atoms with Gasteiger partial charge in [0, 0.05) is 18.3 Å². The molecule has 8 nitrogen and oxygen atoms in total. The number of non-ortho nitro benzene ring substituents is 1. The Morgan fingerprint density at radius 1 is 1.23 bits per heavy atom. The molecule has 30 heavy (non-hydrogen) atoms. The molecule has 0 aliphatic rings. The number of nitro benzene ring substituents is 1. The highest BCUT2D eigenvalue weighted by atomic mass is 79.9. The summed E-state index contributed by atoms with van der Waals surface area (Å²) in [6.45, 7) is 2.15. The smallest absolute Gasteiger partial charge is 0.266 e. The van der Waals surface area contributed by atoms with E-state index in [1.165, 1.54) is 12.1 Å². The molecule has 0 bridgehead atoms. The average Bonchev–Trinajstić information content (AvgIpc) is 3.11. The molecule has 0 unspecified atom stereocenters. The van der Waals surface area contributed by atoms with Crippen LogP contribution >= 0.6 is 15.9 Å². The molecule has 9 heteroatoms. The fraction of sp³-hybridized carbons (Fsp3) is 0.0952. The Hall–Kier alpha value is -3.59. The quantitative estimate of drug-likeness (QED) is 0.315. The van der Waals surface area contributed by atoms with Crippen LogP contribution < -0.4 is 5.43 Å². The van der Waals surface area contributed by atoms with Gasteiger partial charge in [0.2, 0.25) is 0 Å². The zero-order valence-electron chi connectivity index (χ0n) is 16.0. The zero-order chi connectivity index (χ0) is 21.5. The van der Waals surface area contributed by atoms with Gasteiger partial charge in [0.05, 0.1) is 21.7 Å². The molecular weight excluding hydrogens is 450 g/mol. The van der Waals surface area contributed by atoms with Crippen LogP contribution in [0, 0.1) is 10.1 Å². The first-order chi connectivity index (χ1) is 14.4. The van der Waals surface area contributed by atoms with Crippen molar-refractivity contribution in [3.63, 3.8) is 0 Å². The first kappa shape index (κ1) is 21.1. The number of benzene rings is 2. The number of hydrogen-bond acceptors (Lipinski definition) is 5. The predicted octanol–water partition coefficient (Wildman–Crippen LogP) is 4.42. The van der Waals surface area contributed by atoms with Crippen LogP contribution in [0.1, 0.15) is 28.5 Å². The third-order valence-electron chi connectivity index (χ3n) is 4.07. The molecule has 3 rings (SSSR count). The Kier molecular flexibility index (Phi) is 6.87. The Morgan fingerprint density at radius 3 is 2.60 bits per heavy atom. The Bertz CT molecular complexity index is 1110. The Morgan fingerprint density at radius 2 is 1.93 bits per heavy atom. The van der Waals surface area contributed by atoms with Crippen molar-refractivity contribution in [2.75, 3.05) is 0 Å². The van der Waals surface area contributed by atoms with Gasteiger partial charge in [-0.3, -0.25) is 19.6 Å². The van der Waals surface area contributed by atoms with Gasteiger partial charge >= 0.3 is 0 Å². The molecule has 0 saturated heterocycles. The molecule has 0 saturated carbocycles. The van der Waals surface area contributed by atoms with Crippen molar-refractivity contribution in [3.05, 3.63) is 98.3 Å². The highest BCUT2D eigenvalue weighted by Crippen LogP contribution is 2.17. The molecule has 1 aromatic heterocycles. The lowest BCUT2D eigenvalue weighted by atomic mass is 10.2. The molecule has 2 aromatic carbocycles. The molecule has 0 aliphatic carbocycles. The maximum absolute atomic E-state index is 12.4. The molecule has 0 atom stereocenters. The zero-order valence-corrected chi connectivity index (χ0v) is 17.6. The molecule has 0 spiro atoms. The van der Waals surface area contributed by atoms with Gasteiger partial charge in [-0.15, -0.1) is 0 Å². The van der Waals surface area contributed by atoms with Crippen LogP contribution in [0.5, 0.6) is 0 Å². The number of allylic oxidation sites excluding steroid dienone is 1. The van der Waals surface area contributed by atoms with Gasteiger partial charge in [-0.1, -0.05) is 48.5 Å². The van der Waals surface area contributed by atoms with Crippen LogP contribution in [-0.2, 0) is 6.54 Å². The van der Waals surface area contributed by atoms with E-state index in [2.05, 4.69) is 31.6 Å². The number of nitrogens with zero attached hydrogens (tertiary/aromatic N) is 4. The second-order valence-corrected chi connectivity index (χ2v) is 7.24. The van der Waals surface area contributed by atoms with E-state index in [0.29, 0.717) is 16.7 Å². The fourth-order valence-corrected chi connectivity index (χ4v) is 3.05. The van der Waals surface area contributed by atoms with Crippen LogP contribution in [0.2, 0.25) is 0 Å². The first-order valence-electron chi connectivity index (χ1n) is 8.96. The standard InChI is InChI=1S/C21H18BrN5O3/c1-15(7-8-16-5-3-2-4-6-16)23-24-21(28)20-19(22)14-26(25-20)13-17-9-11-18(12-10-17)27(29)30/h2-12,14H,13H2,1H3,(H,24,28)/b8-7+,23-15+. The summed E-state index contributed by atoms with van der Waals surface area (Å²) in [5.41, 5.74) is 5.20. The van der Waals surface area contributed by atoms with E-state index in [-0.39, 0.29) is 11.4 Å². The summed E-state index contributed by atoms with van der Waals surface area (Å²) in [4.78, 5) is 22.7.